The number of likely N-dealkylation sites (tertiary alicyclic amines) is 1. The lowest BCUT2D eigenvalue weighted by Crippen LogP contribution is -2.43. The lowest BCUT2D eigenvalue weighted by Gasteiger charge is -2.35. The average Bonchev–Trinajstić information content (AvgIpc) is 2.70. The van der Waals surface area contributed by atoms with E-state index in [-0.39, 0.29) is 24.2 Å². The third-order valence-corrected chi connectivity index (χ3v) is 4.45. The number of esters is 1. The van der Waals surface area contributed by atoms with Crippen LogP contribution < -0.4 is 0 Å². The molecule has 0 aromatic carbocycles. The first-order valence-corrected chi connectivity index (χ1v) is 7.77. The number of nitrogens with zero attached hydrogens (tertiary/aromatic N) is 2. The van der Waals surface area contributed by atoms with Crippen molar-refractivity contribution in [2.45, 2.75) is 51.4 Å². The molecule has 0 amide bonds. The van der Waals surface area contributed by atoms with Crippen LogP contribution in [0.25, 0.3) is 0 Å². The minimum absolute atomic E-state index is 0.0551. The molecular weight excluding hydrogens is 256 g/mol. The molecule has 0 aromatic rings. The number of β-amino-alcohol motifs (C(OH)–C–C–N with tert-alkyl or cyclic N) is 1. The zero-order valence-corrected chi connectivity index (χ0v) is 12.9. The lowest BCUT2D eigenvalue weighted by atomic mass is 9.95. The Morgan fingerprint density at radius 2 is 2.10 bits per heavy atom. The standard InChI is InChI=1S/C15H28N2O3/c1-11(18)9-17-6-4-13(5-7-17)10-16(3)14-8-12(2)20-15(14)19/h11-14,18H,4-10H2,1-3H3. The molecular formula is C15H28N2O3. The summed E-state index contributed by atoms with van der Waals surface area (Å²) in [5.41, 5.74) is 0. The highest BCUT2D eigenvalue weighted by molar-refractivity contribution is 5.77. The van der Waals surface area contributed by atoms with Gasteiger partial charge in [0.15, 0.2) is 0 Å². The number of hydrogen-bond donors (Lipinski definition) is 1. The van der Waals surface area contributed by atoms with Crippen LogP contribution in [-0.4, -0.2) is 72.4 Å². The van der Waals surface area contributed by atoms with E-state index in [0.717, 1.165) is 45.4 Å². The van der Waals surface area contributed by atoms with E-state index in [2.05, 4.69) is 9.80 Å². The molecule has 0 spiro atoms. The van der Waals surface area contributed by atoms with Gasteiger partial charge in [0.25, 0.3) is 0 Å². The second-order valence-electron chi connectivity index (χ2n) is 6.53. The molecule has 2 aliphatic heterocycles. The van der Waals surface area contributed by atoms with Crippen LogP contribution in [0.5, 0.6) is 0 Å². The number of carbonyl (C=O) groups excluding carboxylic acids is 1. The molecule has 2 rings (SSSR count). The van der Waals surface area contributed by atoms with Gasteiger partial charge in [-0.1, -0.05) is 0 Å². The highest BCUT2D eigenvalue weighted by Crippen LogP contribution is 2.23. The largest absolute Gasteiger partial charge is 0.461 e. The van der Waals surface area contributed by atoms with Crippen molar-refractivity contribution in [2.75, 3.05) is 33.2 Å². The number of likely N-dealkylation sites (N-methyl/N-ethyl adjacent to an activating group) is 1. The van der Waals surface area contributed by atoms with Gasteiger partial charge in [-0.2, -0.15) is 0 Å². The summed E-state index contributed by atoms with van der Waals surface area (Å²) in [5.74, 6) is 0.584. The minimum Gasteiger partial charge on any atom is -0.461 e. The topological polar surface area (TPSA) is 53.0 Å². The Morgan fingerprint density at radius 1 is 1.45 bits per heavy atom. The molecule has 5 nitrogen and oxygen atoms in total. The Labute approximate surface area is 121 Å². The molecule has 3 unspecified atom stereocenters. The Morgan fingerprint density at radius 3 is 2.60 bits per heavy atom. The maximum Gasteiger partial charge on any atom is 0.323 e. The predicted octanol–water partition coefficient (Wildman–Crippen LogP) is 0.715. The van der Waals surface area contributed by atoms with Crippen molar-refractivity contribution >= 4 is 5.97 Å². The summed E-state index contributed by atoms with van der Waals surface area (Å²) in [6.45, 7) is 7.64. The molecule has 0 bridgehead atoms. The predicted molar refractivity (Wildman–Crippen MR) is 77.4 cm³/mol. The number of rotatable bonds is 5. The van der Waals surface area contributed by atoms with Gasteiger partial charge in [0.1, 0.15) is 12.1 Å². The summed E-state index contributed by atoms with van der Waals surface area (Å²) >= 11 is 0. The van der Waals surface area contributed by atoms with Gasteiger partial charge in [-0.25, -0.2) is 0 Å². The first kappa shape index (κ1) is 15.7. The first-order chi connectivity index (χ1) is 9.45. The molecule has 0 radical (unpaired) electrons. The van der Waals surface area contributed by atoms with Crippen LogP contribution >= 0.6 is 0 Å². The number of cyclic esters (lactones) is 1. The lowest BCUT2D eigenvalue weighted by molar-refractivity contribution is -0.144. The Hall–Kier alpha value is -0.650. The van der Waals surface area contributed by atoms with Gasteiger partial charge in [-0.15, -0.1) is 0 Å². The van der Waals surface area contributed by atoms with Gasteiger partial charge in [0.05, 0.1) is 6.10 Å². The fourth-order valence-corrected chi connectivity index (χ4v) is 3.36. The van der Waals surface area contributed by atoms with E-state index >= 15 is 0 Å². The van der Waals surface area contributed by atoms with Crippen LogP contribution in [0.1, 0.15) is 33.1 Å². The zero-order valence-electron chi connectivity index (χ0n) is 12.9. The number of aliphatic hydroxyl groups excluding tert-OH is 1. The van der Waals surface area contributed by atoms with Crippen molar-refractivity contribution in [3.63, 3.8) is 0 Å². The number of carbonyl (C=O) groups is 1. The van der Waals surface area contributed by atoms with Crippen molar-refractivity contribution in [1.82, 2.24) is 9.80 Å². The van der Waals surface area contributed by atoms with Crippen LogP contribution in [-0.2, 0) is 9.53 Å². The molecule has 3 atom stereocenters. The Kier molecular flexibility index (Phi) is 5.41. The number of piperidine rings is 1. The van der Waals surface area contributed by atoms with Crippen LogP contribution in [0.3, 0.4) is 0 Å². The molecule has 5 heteroatoms. The van der Waals surface area contributed by atoms with Gasteiger partial charge in [-0.05, 0) is 52.7 Å². The molecule has 0 aliphatic carbocycles. The molecule has 0 saturated carbocycles. The van der Waals surface area contributed by atoms with Crippen LogP contribution in [0, 0.1) is 5.92 Å². The van der Waals surface area contributed by atoms with Gasteiger partial charge in [-0.3, -0.25) is 9.69 Å². The number of aliphatic hydroxyl groups is 1. The molecule has 20 heavy (non-hydrogen) atoms. The van der Waals surface area contributed by atoms with E-state index in [1.165, 1.54) is 0 Å². The van der Waals surface area contributed by atoms with Gasteiger partial charge in [0.2, 0.25) is 0 Å². The maximum atomic E-state index is 11.7. The SMILES string of the molecule is CC(O)CN1CCC(CN(C)C2CC(C)OC2=O)CC1. The number of hydrogen-bond acceptors (Lipinski definition) is 5. The van der Waals surface area contributed by atoms with Crippen molar-refractivity contribution in [3.05, 3.63) is 0 Å². The summed E-state index contributed by atoms with van der Waals surface area (Å²) in [6.07, 6.45) is 2.92. The normalized spacial score (nSPS) is 30.8. The smallest absolute Gasteiger partial charge is 0.323 e. The third kappa shape index (κ3) is 4.17. The average molecular weight is 284 g/mol. The van der Waals surface area contributed by atoms with E-state index in [1.807, 2.05) is 20.9 Å². The maximum absolute atomic E-state index is 11.7. The second-order valence-corrected chi connectivity index (χ2v) is 6.53. The molecule has 2 aliphatic rings. The highest BCUT2D eigenvalue weighted by atomic mass is 16.6. The summed E-state index contributed by atoms with van der Waals surface area (Å²) < 4.78 is 5.23. The summed E-state index contributed by atoms with van der Waals surface area (Å²) in [5, 5.41) is 9.41. The van der Waals surface area contributed by atoms with E-state index in [4.69, 9.17) is 4.74 Å². The molecule has 2 saturated heterocycles. The van der Waals surface area contributed by atoms with Crippen molar-refractivity contribution in [2.24, 2.45) is 5.92 Å². The summed E-state index contributed by atoms with van der Waals surface area (Å²) in [7, 11) is 2.03. The van der Waals surface area contributed by atoms with Gasteiger partial charge >= 0.3 is 5.97 Å². The van der Waals surface area contributed by atoms with Crippen molar-refractivity contribution < 1.29 is 14.6 Å². The van der Waals surface area contributed by atoms with E-state index in [1.54, 1.807) is 0 Å². The molecule has 116 valence electrons. The molecule has 1 N–H and O–H groups in total. The van der Waals surface area contributed by atoms with E-state index in [0.29, 0.717) is 5.92 Å². The van der Waals surface area contributed by atoms with Gasteiger partial charge < -0.3 is 14.7 Å². The first-order valence-electron chi connectivity index (χ1n) is 7.77. The van der Waals surface area contributed by atoms with Crippen LogP contribution in [0.2, 0.25) is 0 Å². The van der Waals surface area contributed by atoms with Crippen molar-refractivity contribution in [3.8, 4) is 0 Å². The summed E-state index contributed by atoms with van der Waals surface area (Å²) in [4.78, 5) is 16.2. The zero-order chi connectivity index (χ0) is 14.7. The molecule has 0 aromatic heterocycles. The summed E-state index contributed by atoms with van der Waals surface area (Å²) in [6, 6.07) is -0.0551. The second kappa shape index (κ2) is 6.87. The molecule has 2 fully saturated rings. The van der Waals surface area contributed by atoms with E-state index < -0.39 is 0 Å². The van der Waals surface area contributed by atoms with E-state index in [9.17, 15) is 9.90 Å². The Bertz CT molecular complexity index is 327. The fourth-order valence-electron chi connectivity index (χ4n) is 3.36. The van der Waals surface area contributed by atoms with Crippen molar-refractivity contribution in [1.29, 1.82) is 0 Å². The van der Waals surface area contributed by atoms with Gasteiger partial charge in [0, 0.05) is 19.5 Å². The minimum atomic E-state index is -0.246. The monoisotopic (exact) mass is 284 g/mol. The van der Waals surface area contributed by atoms with Crippen LogP contribution in [0.15, 0.2) is 0 Å². The fraction of sp³-hybridized carbons (Fsp3) is 0.933. The van der Waals surface area contributed by atoms with Crippen LogP contribution in [0.4, 0.5) is 0 Å². The highest BCUT2D eigenvalue weighted by Gasteiger charge is 2.35. The quantitative estimate of drug-likeness (QED) is 0.754. The third-order valence-electron chi connectivity index (χ3n) is 4.45. The number of ether oxygens (including phenoxy) is 1. The molecule has 2 heterocycles. The Balaban J connectivity index is 1.73.